The lowest BCUT2D eigenvalue weighted by Crippen LogP contribution is -2.48. The molecule has 0 atom stereocenters. The first-order chi connectivity index (χ1) is 11.0. The largest absolute Gasteiger partial charge is 0.367 e. The summed E-state index contributed by atoms with van der Waals surface area (Å²) in [5.74, 6) is 0.0897. The molecule has 23 heavy (non-hydrogen) atoms. The van der Waals surface area contributed by atoms with E-state index >= 15 is 0 Å². The normalized spacial score (nSPS) is 14.9. The van der Waals surface area contributed by atoms with Crippen LogP contribution in [0, 0.1) is 6.92 Å². The number of aryl methyl sites for hydroxylation is 1. The van der Waals surface area contributed by atoms with Crippen molar-refractivity contribution < 1.29 is 4.79 Å². The van der Waals surface area contributed by atoms with Crippen molar-refractivity contribution in [2.24, 2.45) is 0 Å². The van der Waals surface area contributed by atoms with Gasteiger partial charge in [-0.05, 0) is 37.3 Å². The number of carbonyl (C=O) groups excluding carboxylic acids is 1. The summed E-state index contributed by atoms with van der Waals surface area (Å²) >= 11 is 12.2. The number of benzene rings is 2. The Balaban J connectivity index is 1.66. The van der Waals surface area contributed by atoms with Crippen LogP contribution < -0.4 is 4.90 Å². The summed E-state index contributed by atoms with van der Waals surface area (Å²) in [5, 5.41) is 1.28. The van der Waals surface area contributed by atoms with E-state index in [9.17, 15) is 4.79 Å². The van der Waals surface area contributed by atoms with Gasteiger partial charge in [0.15, 0.2) is 0 Å². The van der Waals surface area contributed by atoms with Gasteiger partial charge in [0.25, 0.3) is 5.91 Å². The molecule has 1 aliphatic rings. The molecule has 0 unspecified atom stereocenters. The number of halogens is 2. The summed E-state index contributed by atoms with van der Waals surface area (Å²) in [5.41, 5.74) is 2.87. The lowest BCUT2D eigenvalue weighted by molar-refractivity contribution is 0.0747. The lowest BCUT2D eigenvalue weighted by Gasteiger charge is -2.36. The van der Waals surface area contributed by atoms with Gasteiger partial charge < -0.3 is 9.80 Å². The predicted octanol–water partition coefficient (Wildman–Crippen LogP) is 4.26. The van der Waals surface area contributed by atoms with Crippen LogP contribution >= 0.6 is 23.2 Å². The molecule has 120 valence electrons. The maximum absolute atomic E-state index is 12.5. The van der Waals surface area contributed by atoms with Crippen molar-refractivity contribution in [1.29, 1.82) is 0 Å². The van der Waals surface area contributed by atoms with Crippen LogP contribution in [0.3, 0.4) is 0 Å². The van der Waals surface area contributed by atoms with E-state index in [1.54, 1.807) is 6.07 Å². The average Bonchev–Trinajstić information content (AvgIpc) is 2.55. The van der Waals surface area contributed by atoms with Crippen LogP contribution in [-0.2, 0) is 0 Å². The second kappa shape index (κ2) is 6.81. The Morgan fingerprint density at radius 2 is 1.61 bits per heavy atom. The number of anilines is 1. The highest BCUT2D eigenvalue weighted by atomic mass is 35.5. The van der Waals surface area contributed by atoms with E-state index < -0.39 is 0 Å². The van der Waals surface area contributed by atoms with Gasteiger partial charge in [0.1, 0.15) is 0 Å². The van der Waals surface area contributed by atoms with Crippen LogP contribution in [0.1, 0.15) is 15.9 Å². The molecule has 0 N–H and O–H groups in total. The zero-order valence-electron chi connectivity index (χ0n) is 12.9. The molecule has 5 heteroatoms. The molecular weight excluding hydrogens is 331 g/mol. The van der Waals surface area contributed by atoms with Gasteiger partial charge in [0, 0.05) is 36.8 Å². The highest BCUT2D eigenvalue weighted by molar-refractivity contribution is 6.36. The molecule has 0 aliphatic carbocycles. The molecule has 1 heterocycles. The standard InChI is InChI=1S/C18H18Cl2N2O/c1-13-2-4-14(5-3-13)18(23)22-10-8-21(9-11-22)17-7-6-15(19)12-16(17)20/h2-7,12H,8-11H2,1H3. The summed E-state index contributed by atoms with van der Waals surface area (Å²) in [6.07, 6.45) is 0. The van der Waals surface area contributed by atoms with E-state index in [0.717, 1.165) is 29.9 Å². The topological polar surface area (TPSA) is 23.6 Å². The molecule has 2 aromatic carbocycles. The van der Waals surface area contributed by atoms with Crippen molar-refractivity contribution in [2.75, 3.05) is 31.1 Å². The first-order valence-corrected chi connectivity index (χ1v) is 8.36. The number of nitrogens with zero attached hydrogens (tertiary/aromatic N) is 2. The SMILES string of the molecule is Cc1ccc(C(=O)N2CCN(c3ccc(Cl)cc3Cl)CC2)cc1. The van der Waals surface area contributed by atoms with Crippen LogP contribution in [-0.4, -0.2) is 37.0 Å². The quantitative estimate of drug-likeness (QED) is 0.809. The minimum Gasteiger partial charge on any atom is -0.367 e. The van der Waals surface area contributed by atoms with Gasteiger partial charge in [-0.3, -0.25) is 4.79 Å². The van der Waals surface area contributed by atoms with Crippen molar-refractivity contribution in [1.82, 2.24) is 4.90 Å². The second-order valence-corrected chi connectivity index (χ2v) is 6.58. The lowest BCUT2D eigenvalue weighted by atomic mass is 10.1. The monoisotopic (exact) mass is 348 g/mol. The third-order valence-electron chi connectivity index (χ3n) is 4.12. The molecular formula is C18H18Cl2N2O. The summed E-state index contributed by atoms with van der Waals surface area (Å²) in [6.45, 7) is 4.91. The maximum Gasteiger partial charge on any atom is 0.253 e. The summed E-state index contributed by atoms with van der Waals surface area (Å²) in [7, 11) is 0. The molecule has 3 nitrogen and oxygen atoms in total. The summed E-state index contributed by atoms with van der Waals surface area (Å²) < 4.78 is 0. The van der Waals surface area contributed by atoms with Crippen LogP contribution in [0.2, 0.25) is 10.0 Å². The third kappa shape index (κ3) is 3.62. The molecule has 0 radical (unpaired) electrons. The van der Waals surface area contributed by atoms with Gasteiger partial charge in [-0.2, -0.15) is 0 Å². The molecule has 0 bridgehead atoms. The van der Waals surface area contributed by atoms with E-state index in [0.29, 0.717) is 23.1 Å². The number of carbonyl (C=O) groups is 1. The molecule has 0 aromatic heterocycles. The second-order valence-electron chi connectivity index (χ2n) is 5.74. The Morgan fingerprint density at radius 3 is 2.22 bits per heavy atom. The van der Waals surface area contributed by atoms with Gasteiger partial charge in [-0.1, -0.05) is 40.9 Å². The Kier molecular flexibility index (Phi) is 4.79. The Labute approximate surface area is 146 Å². The van der Waals surface area contributed by atoms with E-state index in [2.05, 4.69) is 4.90 Å². The van der Waals surface area contributed by atoms with E-state index in [1.807, 2.05) is 48.2 Å². The van der Waals surface area contributed by atoms with E-state index in [1.165, 1.54) is 0 Å². The number of hydrogen-bond donors (Lipinski definition) is 0. The molecule has 1 aliphatic heterocycles. The van der Waals surface area contributed by atoms with Crippen LogP contribution in [0.4, 0.5) is 5.69 Å². The summed E-state index contributed by atoms with van der Waals surface area (Å²) in [6, 6.07) is 13.2. The number of hydrogen-bond acceptors (Lipinski definition) is 2. The van der Waals surface area contributed by atoms with Crippen molar-refractivity contribution >= 4 is 34.8 Å². The molecule has 1 amide bonds. The predicted molar refractivity (Wildman–Crippen MR) is 95.8 cm³/mol. The van der Waals surface area contributed by atoms with Crippen molar-refractivity contribution in [2.45, 2.75) is 6.92 Å². The zero-order chi connectivity index (χ0) is 16.4. The number of piperazine rings is 1. The van der Waals surface area contributed by atoms with Gasteiger partial charge in [-0.25, -0.2) is 0 Å². The number of amides is 1. The van der Waals surface area contributed by atoms with Crippen molar-refractivity contribution in [3.05, 3.63) is 63.6 Å². The summed E-state index contributed by atoms with van der Waals surface area (Å²) in [4.78, 5) is 16.6. The van der Waals surface area contributed by atoms with Gasteiger partial charge in [0.05, 0.1) is 10.7 Å². The van der Waals surface area contributed by atoms with Gasteiger partial charge in [0.2, 0.25) is 0 Å². The van der Waals surface area contributed by atoms with E-state index in [4.69, 9.17) is 23.2 Å². The van der Waals surface area contributed by atoms with Crippen molar-refractivity contribution in [3.8, 4) is 0 Å². The average molecular weight is 349 g/mol. The maximum atomic E-state index is 12.5. The Hall–Kier alpha value is -1.71. The molecule has 1 saturated heterocycles. The molecule has 1 fully saturated rings. The first-order valence-electron chi connectivity index (χ1n) is 7.60. The van der Waals surface area contributed by atoms with Gasteiger partial charge in [-0.15, -0.1) is 0 Å². The zero-order valence-corrected chi connectivity index (χ0v) is 14.4. The first kappa shape index (κ1) is 16.2. The van der Waals surface area contributed by atoms with Crippen LogP contribution in [0.15, 0.2) is 42.5 Å². The fourth-order valence-electron chi connectivity index (χ4n) is 2.77. The van der Waals surface area contributed by atoms with Gasteiger partial charge >= 0.3 is 0 Å². The van der Waals surface area contributed by atoms with Crippen molar-refractivity contribution in [3.63, 3.8) is 0 Å². The minimum atomic E-state index is 0.0897. The van der Waals surface area contributed by atoms with Crippen LogP contribution in [0.25, 0.3) is 0 Å². The molecule has 3 rings (SSSR count). The minimum absolute atomic E-state index is 0.0897. The fourth-order valence-corrected chi connectivity index (χ4v) is 3.29. The molecule has 0 spiro atoms. The number of rotatable bonds is 2. The Bertz CT molecular complexity index is 707. The smallest absolute Gasteiger partial charge is 0.253 e. The Morgan fingerprint density at radius 1 is 0.957 bits per heavy atom. The molecule has 0 saturated carbocycles. The highest BCUT2D eigenvalue weighted by Crippen LogP contribution is 2.29. The highest BCUT2D eigenvalue weighted by Gasteiger charge is 2.23. The third-order valence-corrected chi connectivity index (χ3v) is 4.65. The van der Waals surface area contributed by atoms with E-state index in [-0.39, 0.29) is 5.91 Å². The fraction of sp³-hybridized carbons (Fsp3) is 0.278. The van der Waals surface area contributed by atoms with Crippen LogP contribution in [0.5, 0.6) is 0 Å². The molecule has 2 aromatic rings.